The minimum absolute atomic E-state index is 0. The second-order valence-electron chi connectivity index (χ2n) is 2.91. The third-order valence-electron chi connectivity index (χ3n) is 1.89. The summed E-state index contributed by atoms with van der Waals surface area (Å²) < 4.78 is 4.53. The van der Waals surface area contributed by atoms with E-state index < -0.39 is 12.0 Å². The number of esters is 1. The first-order chi connectivity index (χ1) is 6.15. The molecule has 0 saturated heterocycles. The fourth-order valence-corrected chi connectivity index (χ4v) is 1.04. The maximum Gasteiger partial charge on any atom is 0.327 e. The fraction of sp³-hybridized carbons (Fsp3) is 0.300. The lowest BCUT2D eigenvalue weighted by atomic mass is 10.1. The summed E-state index contributed by atoms with van der Waals surface area (Å²) in [5, 5.41) is 0. The Morgan fingerprint density at radius 1 is 1.36 bits per heavy atom. The molecule has 0 fully saturated rings. The molecule has 1 rings (SSSR count). The molecule has 4 heteroatoms. The van der Waals surface area contributed by atoms with E-state index in [1.165, 1.54) is 7.11 Å². The van der Waals surface area contributed by atoms with Crippen molar-refractivity contribution in [2.24, 2.45) is 5.73 Å². The standard InChI is InChI=1S/C10H13NO2.ClH/c1-7-3-5-8(6-4-7)9(11)10(12)13-2;/h3-6,9H,11H2,1-2H3;1H. The highest BCUT2D eigenvalue weighted by atomic mass is 35.5. The second kappa shape index (κ2) is 5.62. The molecule has 1 aromatic rings. The molecule has 14 heavy (non-hydrogen) atoms. The van der Waals surface area contributed by atoms with Gasteiger partial charge in [-0.25, -0.2) is 0 Å². The van der Waals surface area contributed by atoms with Crippen LogP contribution in [-0.4, -0.2) is 13.1 Å². The average molecular weight is 216 g/mol. The molecule has 3 nitrogen and oxygen atoms in total. The maximum absolute atomic E-state index is 11.0. The lowest BCUT2D eigenvalue weighted by molar-refractivity contribution is -0.142. The molecule has 0 radical (unpaired) electrons. The van der Waals surface area contributed by atoms with Gasteiger partial charge in [-0.1, -0.05) is 29.8 Å². The summed E-state index contributed by atoms with van der Waals surface area (Å²) in [6, 6.07) is 6.81. The van der Waals surface area contributed by atoms with Crippen LogP contribution in [-0.2, 0) is 9.53 Å². The van der Waals surface area contributed by atoms with Crippen LogP contribution in [0, 0.1) is 6.92 Å². The Hall–Kier alpha value is -1.06. The van der Waals surface area contributed by atoms with Gasteiger partial charge in [0.25, 0.3) is 0 Å². The smallest absolute Gasteiger partial charge is 0.327 e. The molecule has 0 aromatic heterocycles. The van der Waals surface area contributed by atoms with Gasteiger partial charge in [0.1, 0.15) is 6.04 Å². The summed E-state index contributed by atoms with van der Waals surface area (Å²) in [6.07, 6.45) is 0. The summed E-state index contributed by atoms with van der Waals surface area (Å²) in [5.74, 6) is -0.413. The minimum atomic E-state index is -0.675. The summed E-state index contributed by atoms with van der Waals surface area (Å²) in [4.78, 5) is 11.0. The van der Waals surface area contributed by atoms with Crippen molar-refractivity contribution in [3.05, 3.63) is 35.4 Å². The van der Waals surface area contributed by atoms with Crippen LogP contribution in [0.2, 0.25) is 0 Å². The summed E-state index contributed by atoms with van der Waals surface area (Å²) in [7, 11) is 1.33. The highest BCUT2D eigenvalue weighted by Gasteiger charge is 2.15. The first-order valence-electron chi connectivity index (χ1n) is 4.05. The van der Waals surface area contributed by atoms with E-state index in [0.29, 0.717) is 0 Å². The molecular formula is C10H14ClNO2. The van der Waals surface area contributed by atoms with Crippen molar-refractivity contribution in [3.8, 4) is 0 Å². The van der Waals surface area contributed by atoms with Gasteiger partial charge in [0.2, 0.25) is 0 Å². The number of carbonyl (C=O) groups is 1. The topological polar surface area (TPSA) is 52.3 Å². The SMILES string of the molecule is COC(=O)C(N)c1ccc(C)cc1.Cl. The predicted octanol–water partition coefficient (Wildman–Crippen LogP) is 1.59. The number of hydrogen-bond acceptors (Lipinski definition) is 3. The molecule has 0 aliphatic carbocycles. The lowest BCUT2D eigenvalue weighted by Gasteiger charge is -2.09. The van der Waals surface area contributed by atoms with E-state index in [0.717, 1.165) is 11.1 Å². The number of aryl methyl sites for hydroxylation is 1. The van der Waals surface area contributed by atoms with Crippen molar-refractivity contribution >= 4 is 18.4 Å². The summed E-state index contributed by atoms with van der Waals surface area (Å²) in [5.41, 5.74) is 7.54. The van der Waals surface area contributed by atoms with Gasteiger partial charge in [-0.3, -0.25) is 4.79 Å². The molecule has 0 saturated carbocycles. The number of ether oxygens (including phenoxy) is 1. The molecular weight excluding hydrogens is 202 g/mol. The highest BCUT2D eigenvalue weighted by molar-refractivity contribution is 5.85. The van der Waals surface area contributed by atoms with E-state index >= 15 is 0 Å². The quantitative estimate of drug-likeness (QED) is 0.763. The third-order valence-corrected chi connectivity index (χ3v) is 1.89. The van der Waals surface area contributed by atoms with Crippen LogP contribution in [0.15, 0.2) is 24.3 Å². The second-order valence-corrected chi connectivity index (χ2v) is 2.91. The zero-order chi connectivity index (χ0) is 9.84. The minimum Gasteiger partial charge on any atom is -0.468 e. The molecule has 0 amide bonds. The Bertz CT molecular complexity index is 297. The van der Waals surface area contributed by atoms with Crippen molar-refractivity contribution in [3.63, 3.8) is 0 Å². The van der Waals surface area contributed by atoms with Crippen LogP contribution in [0.5, 0.6) is 0 Å². The van der Waals surface area contributed by atoms with Gasteiger partial charge >= 0.3 is 5.97 Å². The zero-order valence-electron chi connectivity index (χ0n) is 8.19. The van der Waals surface area contributed by atoms with Crippen molar-refractivity contribution in [2.75, 3.05) is 7.11 Å². The predicted molar refractivity (Wildman–Crippen MR) is 57.4 cm³/mol. The van der Waals surface area contributed by atoms with Gasteiger partial charge in [-0.15, -0.1) is 12.4 Å². The Morgan fingerprint density at radius 3 is 2.29 bits per heavy atom. The van der Waals surface area contributed by atoms with E-state index in [1.54, 1.807) is 0 Å². The first-order valence-corrected chi connectivity index (χ1v) is 4.05. The average Bonchev–Trinajstić information content (AvgIpc) is 2.17. The molecule has 78 valence electrons. The number of rotatable bonds is 2. The van der Waals surface area contributed by atoms with Crippen LogP contribution >= 0.6 is 12.4 Å². The number of halogens is 1. The fourth-order valence-electron chi connectivity index (χ4n) is 1.04. The first kappa shape index (κ1) is 12.9. The van der Waals surface area contributed by atoms with Crippen molar-refractivity contribution < 1.29 is 9.53 Å². The van der Waals surface area contributed by atoms with Gasteiger partial charge < -0.3 is 10.5 Å². The molecule has 0 aliphatic heterocycles. The van der Waals surface area contributed by atoms with Crippen molar-refractivity contribution in [2.45, 2.75) is 13.0 Å². The number of nitrogens with two attached hydrogens (primary N) is 1. The van der Waals surface area contributed by atoms with Crippen molar-refractivity contribution in [1.29, 1.82) is 0 Å². The molecule has 0 spiro atoms. The normalized spacial score (nSPS) is 11.4. The largest absolute Gasteiger partial charge is 0.468 e. The monoisotopic (exact) mass is 215 g/mol. The third kappa shape index (κ3) is 3.01. The van der Waals surface area contributed by atoms with Gasteiger partial charge in [0.05, 0.1) is 7.11 Å². The molecule has 1 aromatic carbocycles. The highest BCUT2D eigenvalue weighted by Crippen LogP contribution is 2.12. The molecule has 0 aliphatic rings. The number of benzene rings is 1. The number of hydrogen-bond donors (Lipinski definition) is 1. The maximum atomic E-state index is 11.0. The Kier molecular flexibility index (Phi) is 5.20. The molecule has 1 atom stereocenters. The van der Waals surface area contributed by atoms with Gasteiger partial charge in [0.15, 0.2) is 0 Å². The van der Waals surface area contributed by atoms with Crippen LogP contribution in [0.25, 0.3) is 0 Å². The Labute approximate surface area is 89.7 Å². The van der Waals surface area contributed by atoms with E-state index in [1.807, 2.05) is 31.2 Å². The van der Waals surface area contributed by atoms with Crippen LogP contribution < -0.4 is 5.73 Å². The number of methoxy groups -OCH3 is 1. The van der Waals surface area contributed by atoms with Crippen LogP contribution in [0.4, 0.5) is 0 Å². The Balaban J connectivity index is 0.00000169. The molecule has 0 heterocycles. The molecule has 0 bridgehead atoms. The van der Waals surface area contributed by atoms with E-state index in [-0.39, 0.29) is 12.4 Å². The Morgan fingerprint density at radius 2 is 1.86 bits per heavy atom. The van der Waals surface area contributed by atoms with Gasteiger partial charge in [0, 0.05) is 0 Å². The van der Waals surface area contributed by atoms with E-state index in [9.17, 15) is 4.79 Å². The van der Waals surface area contributed by atoms with Crippen LogP contribution in [0.1, 0.15) is 17.2 Å². The van der Waals surface area contributed by atoms with Crippen LogP contribution in [0.3, 0.4) is 0 Å². The zero-order valence-corrected chi connectivity index (χ0v) is 9.01. The molecule has 1 unspecified atom stereocenters. The lowest BCUT2D eigenvalue weighted by Crippen LogP contribution is -2.22. The van der Waals surface area contributed by atoms with E-state index in [4.69, 9.17) is 5.73 Å². The number of carbonyl (C=O) groups excluding carboxylic acids is 1. The van der Waals surface area contributed by atoms with Crippen molar-refractivity contribution in [1.82, 2.24) is 0 Å². The van der Waals surface area contributed by atoms with E-state index in [2.05, 4.69) is 4.74 Å². The summed E-state index contributed by atoms with van der Waals surface area (Å²) >= 11 is 0. The van der Waals surface area contributed by atoms with Gasteiger partial charge in [-0.05, 0) is 12.5 Å². The summed E-state index contributed by atoms with van der Waals surface area (Å²) in [6.45, 7) is 1.98. The molecule has 2 N–H and O–H groups in total. The van der Waals surface area contributed by atoms with Gasteiger partial charge in [-0.2, -0.15) is 0 Å².